The first-order valence-electron chi connectivity index (χ1n) is 4.69. The van der Waals surface area contributed by atoms with Crippen LogP contribution in [0.3, 0.4) is 0 Å². The van der Waals surface area contributed by atoms with Crippen LogP contribution in [0.4, 0.5) is 0 Å². The molecule has 0 heterocycles. The predicted octanol–water partition coefficient (Wildman–Crippen LogP) is 2.96. The second-order valence-electron chi connectivity index (χ2n) is 4.33. The lowest BCUT2D eigenvalue weighted by Crippen LogP contribution is -2.32. The molecule has 0 saturated heterocycles. The third kappa shape index (κ3) is 1.21. The largest absolute Gasteiger partial charge is 0.303 e. The van der Waals surface area contributed by atoms with Gasteiger partial charge in [0.05, 0.1) is 0 Å². The first-order chi connectivity index (χ1) is 5.58. The second-order valence-corrected chi connectivity index (χ2v) is 4.33. The van der Waals surface area contributed by atoms with Crippen LogP contribution in [0.1, 0.15) is 40.0 Å². The van der Waals surface area contributed by atoms with Gasteiger partial charge in [0, 0.05) is 6.42 Å². The molecule has 68 valence electrons. The molecule has 1 unspecified atom stereocenters. The number of aldehydes is 1. The molecule has 0 saturated carbocycles. The van der Waals surface area contributed by atoms with Crippen LogP contribution >= 0.6 is 0 Å². The van der Waals surface area contributed by atoms with Crippen LogP contribution in [0.25, 0.3) is 0 Å². The second kappa shape index (κ2) is 3.04. The summed E-state index contributed by atoms with van der Waals surface area (Å²) in [5, 5.41) is 0. The van der Waals surface area contributed by atoms with Crippen molar-refractivity contribution in [2.24, 2.45) is 10.8 Å². The lowest BCUT2D eigenvalue weighted by atomic mass is 9.64. The Morgan fingerprint density at radius 3 is 2.50 bits per heavy atom. The average molecular weight is 166 g/mol. The van der Waals surface area contributed by atoms with Gasteiger partial charge in [0.15, 0.2) is 0 Å². The summed E-state index contributed by atoms with van der Waals surface area (Å²) < 4.78 is 0. The molecule has 0 fully saturated rings. The normalized spacial score (nSPS) is 32.2. The van der Waals surface area contributed by atoms with Crippen molar-refractivity contribution in [1.29, 1.82) is 0 Å². The van der Waals surface area contributed by atoms with Gasteiger partial charge in [-0.05, 0) is 23.7 Å². The van der Waals surface area contributed by atoms with Crippen molar-refractivity contribution in [1.82, 2.24) is 0 Å². The summed E-state index contributed by atoms with van der Waals surface area (Å²) >= 11 is 0. The fourth-order valence-electron chi connectivity index (χ4n) is 2.27. The molecule has 0 aromatic rings. The molecule has 0 spiro atoms. The molecule has 0 aromatic heterocycles. The van der Waals surface area contributed by atoms with Gasteiger partial charge in [0.2, 0.25) is 0 Å². The van der Waals surface area contributed by atoms with Gasteiger partial charge in [-0.3, -0.25) is 0 Å². The van der Waals surface area contributed by atoms with Gasteiger partial charge in [-0.2, -0.15) is 0 Å². The molecule has 0 radical (unpaired) electrons. The minimum atomic E-state index is 0.197. The lowest BCUT2D eigenvalue weighted by molar-refractivity contribution is -0.111. The fourth-order valence-corrected chi connectivity index (χ4v) is 2.27. The van der Waals surface area contributed by atoms with Crippen molar-refractivity contribution in [2.75, 3.05) is 0 Å². The number of carbonyl (C=O) groups is 1. The highest BCUT2D eigenvalue weighted by Gasteiger charge is 2.43. The zero-order valence-electron chi connectivity index (χ0n) is 8.26. The monoisotopic (exact) mass is 166 g/mol. The molecule has 0 aromatic carbocycles. The summed E-state index contributed by atoms with van der Waals surface area (Å²) in [6, 6.07) is 0. The van der Waals surface area contributed by atoms with Gasteiger partial charge in [0.25, 0.3) is 0 Å². The van der Waals surface area contributed by atoms with Crippen LogP contribution in [-0.2, 0) is 4.79 Å². The Morgan fingerprint density at radius 2 is 2.17 bits per heavy atom. The van der Waals surface area contributed by atoms with E-state index in [1.54, 1.807) is 0 Å². The van der Waals surface area contributed by atoms with Crippen LogP contribution in [0, 0.1) is 10.8 Å². The maximum atomic E-state index is 10.6. The third-order valence-electron chi connectivity index (χ3n) is 3.56. The molecule has 1 aliphatic carbocycles. The maximum absolute atomic E-state index is 10.6. The van der Waals surface area contributed by atoms with Crippen LogP contribution in [0.15, 0.2) is 12.2 Å². The van der Waals surface area contributed by atoms with Gasteiger partial charge in [0.1, 0.15) is 6.29 Å². The Kier molecular flexibility index (Phi) is 2.41. The summed E-state index contributed by atoms with van der Waals surface area (Å²) in [5.74, 6) is 0. The number of carbonyl (C=O) groups excluding carboxylic acids is 1. The van der Waals surface area contributed by atoms with Gasteiger partial charge in [-0.25, -0.2) is 0 Å². The van der Waals surface area contributed by atoms with E-state index in [1.165, 1.54) is 0 Å². The van der Waals surface area contributed by atoms with Crippen molar-refractivity contribution >= 4 is 6.29 Å². The molecule has 1 aliphatic rings. The van der Waals surface area contributed by atoms with E-state index in [0.717, 1.165) is 19.1 Å². The van der Waals surface area contributed by atoms with E-state index in [-0.39, 0.29) is 10.8 Å². The topological polar surface area (TPSA) is 17.1 Å². The van der Waals surface area contributed by atoms with E-state index in [1.807, 2.05) is 0 Å². The van der Waals surface area contributed by atoms with Gasteiger partial charge >= 0.3 is 0 Å². The van der Waals surface area contributed by atoms with E-state index in [4.69, 9.17) is 0 Å². The molecule has 1 atom stereocenters. The highest BCUT2D eigenvalue weighted by Crippen LogP contribution is 2.52. The Hall–Kier alpha value is -0.590. The Labute approximate surface area is 74.9 Å². The SMILES string of the molecule is CCC1(CC=O)CC=CC1(C)C. The average Bonchev–Trinajstić information content (AvgIpc) is 2.29. The minimum absolute atomic E-state index is 0.197. The van der Waals surface area contributed by atoms with E-state index >= 15 is 0 Å². The van der Waals surface area contributed by atoms with Gasteiger partial charge in [-0.1, -0.05) is 32.9 Å². The zero-order valence-corrected chi connectivity index (χ0v) is 8.26. The standard InChI is InChI=1S/C11H18O/c1-4-11(8-9-12)7-5-6-10(11,2)3/h5-6,9H,4,7-8H2,1-3H3. The van der Waals surface area contributed by atoms with Crippen LogP contribution in [0.5, 0.6) is 0 Å². The number of hydrogen-bond acceptors (Lipinski definition) is 1. The molecule has 0 N–H and O–H groups in total. The molecule has 1 heteroatoms. The van der Waals surface area contributed by atoms with E-state index in [0.29, 0.717) is 6.42 Å². The molecular formula is C11H18O. The van der Waals surface area contributed by atoms with Crippen LogP contribution in [0.2, 0.25) is 0 Å². The van der Waals surface area contributed by atoms with E-state index < -0.39 is 0 Å². The molecule has 0 bridgehead atoms. The van der Waals surface area contributed by atoms with Crippen LogP contribution < -0.4 is 0 Å². The Bertz CT molecular complexity index is 203. The highest BCUT2D eigenvalue weighted by molar-refractivity contribution is 5.52. The molecule has 1 nitrogen and oxygen atoms in total. The third-order valence-corrected chi connectivity index (χ3v) is 3.56. The smallest absolute Gasteiger partial charge is 0.120 e. The summed E-state index contributed by atoms with van der Waals surface area (Å²) in [7, 11) is 0. The Balaban J connectivity index is 2.87. The van der Waals surface area contributed by atoms with E-state index in [9.17, 15) is 4.79 Å². The molecule has 0 aliphatic heterocycles. The zero-order chi connectivity index (χ0) is 9.24. The highest BCUT2D eigenvalue weighted by atomic mass is 16.1. The number of hydrogen-bond donors (Lipinski definition) is 0. The Morgan fingerprint density at radius 1 is 1.50 bits per heavy atom. The summed E-state index contributed by atoms with van der Waals surface area (Å²) in [6.07, 6.45) is 8.38. The minimum Gasteiger partial charge on any atom is -0.303 e. The quantitative estimate of drug-likeness (QED) is 0.465. The first kappa shape index (κ1) is 9.50. The predicted molar refractivity (Wildman–Crippen MR) is 50.9 cm³/mol. The molecular weight excluding hydrogens is 148 g/mol. The van der Waals surface area contributed by atoms with Gasteiger partial charge in [-0.15, -0.1) is 0 Å². The first-order valence-corrected chi connectivity index (χ1v) is 4.69. The van der Waals surface area contributed by atoms with Crippen LogP contribution in [-0.4, -0.2) is 6.29 Å². The fraction of sp³-hybridized carbons (Fsp3) is 0.727. The van der Waals surface area contributed by atoms with Crippen molar-refractivity contribution in [3.05, 3.63) is 12.2 Å². The summed E-state index contributed by atoms with van der Waals surface area (Å²) in [5.41, 5.74) is 0.400. The maximum Gasteiger partial charge on any atom is 0.120 e. The van der Waals surface area contributed by atoms with Crippen molar-refractivity contribution in [3.8, 4) is 0 Å². The summed E-state index contributed by atoms with van der Waals surface area (Å²) in [6.45, 7) is 6.63. The van der Waals surface area contributed by atoms with Crippen molar-refractivity contribution < 1.29 is 4.79 Å². The number of rotatable bonds is 3. The molecule has 1 rings (SSSR count). The number of allylic oxidation sites excluding steroid dienone is 2. The molecule has 0 amide bonds. The lowest BCUT2D eigenvalue weighted by Gasteiger charge is -2.39. The van der Waals surface area contributed by atoms with E-state index in [2.05, 4.69) is 32.9 Å². The molecule has 12 heavy (non-hydrogen) atoms. The summed E-state index contributed by atoms with van der Waals surface area (Å²) in [4.78, 5) is 10.6. The van der Waals surface area contributed by atoms with Crippen molar-refractivity contribution in [2.45, 2.75) is 40.0 Å². The van der Waals surface area contributed by atoms with Gasteiger partial charge < -0.3 is 4.79 Å². The van der Waals surface area contributed by atoms with Crippen molar-refractivity contribution in [3.63, 3.8) is 0 Å².